The molecule has 0 bridgehead atoms. The Labute approximate surface area is 120 Å². The van der Waals surface area contributed by atoms with Gasteiger partial charge in [0.1, 0.15) is 11.5 Å². The SMILES string of the molecule is c1cc2cc(-c3c[nH]c4nc(C5CC5)ncc34)ccn2n1. The van der Waals surface area contributed by atoms with E-state index in [2.05, 4.69) is 32.2 Å². The molecule has 4 aromatic rings. The van der Waals surface area contributed by atoms with Crippen molar-refractivity contribution in [1.82, 2.24) is 24.6 Å². The number of nitrogens with one attached hydrogen (secondary N) is 1. The van der Waals surface area contributed by atoms with E-state index in [1.165, 1.54) is 12.8 Å². The van der Waals surface area contributed by atoms with Crippen molar-refractivity contribution < 1.29 is 0 Å². The van der Waals surface area contributed by atoms with E-state index in [1.54, 1.807) is 6.20 Å². The van der Waals surface area contributed by atoms with Crippen LogP contribution in [-0.2, 0) is 0 Å². The summed E-state index contributed by atoms with van der Waals surface area (Å²) in [5.41, 5.74) is 4.29. The molecular weight excluding hydrogens is 262 g/mol. The van der Waals surface area contributed by atoms with Gasteiger partial charge in [0.15, 0.2) is 0 Å². The summed E-state index contributed by atoms with van der Waals surface area (Å²) >= 11 is 0. The maximum atomic E-state index is 4.65. The molecule has 1 N–H and O–H groups in total. The minimum absolute atomic E-state index is 0.573. The lowest BCUT2D eigenvalue weighted by Gasteiger charge is -2.01. The fourth-order valence-electron chi connectivity index (χ4n) is 2.79. The maximum absolute atomic E-state index is 4.65. The van der Waals surface area contributed by atoms with E-state index in [4.69, 9.17) is 0 Å². The quantitative estimate of drug-likeness (QED) is 0.611. The Hall–Kier alpha value is -2.69. The van der Waals surface area contributed by atoms with Gasteiger partial charge in [-0.05, 0) is 36.6 Å². The Balaban J connectivity index is 1.68. The van der Waals surface area contributed by atoms with Crippen LogP contribution in [0.15, 0.2) is 43.0 Å². The predicted octanol–water partition coefficient (Wildman–Crippen LogP) is 3.15. The first kappa shape index (κ1) is 11.0. The topological polar surface area (TPSA) is 58.9 Å². The number of pyridine rings is 1. The van der Waals surface area contributed by atoms with E-state index in [1.807, 2.05) is 29.2 Å². The monoisotopic (exact) mass is 275 g/mol. The lowest BCUT2D eigenvalue weighted by Crippen LogP contribution is -1.91. The van der Waals surface area contributed by atoms with Crippen LogP contribution in [0.3, 0.4) is 0 Å². The first-order valence-corrected chi connectivity index (χ1v) is 7.16. The summed E-state index contributed by atoms with van der Waals surface area (Å²) in [5, 5.41) is 5.30. The number of rotatable bonds is 2. The van der Waals surface area contributed by atoms with Crippen LogP contribution < -0.4 is 0 Å². The molecular formula is C16H13N5. The Morgan fingerprint density at radius 2 is 2.19 bits per heavy atom. The normalized spacial score (nSPS) is 15.0. The third-order valence-corrected chi connectivity index (χ3v) is 4.10. The van der Waals surface area contributed by atoms with Crippen molar-refractivity contribution in [2.24, 2.45) is 0 Å². The van der Waals surface area contributed by atoms with Crippen molar-refractivity contribution in [3.05, 3.63) is 48.8 Å². The molecule has 0 amide bonds. The van der Waals surface area contributed by atoms with Gasteiger partial charge in [0.05, 0.1) is 5.52 Å². The van der Waals surface area contributed by atoms with Crippen molar-refractivity contribution in [1.29, 1.82) is 0 Å². The van der Waals surface area contributed by atoms with Crippen LogP contribution in [0.25, 0.3) is 27.7 Å². The number of nitrogens with zero attached hydrogens (tertiary/aromatic N) is 4. The molecule has 0 radical (unpaired) electrons. The smallest absolute Gasteiger partial charge is 0.141 e. The van der Waals surface area contributed by atoms with Crippen LogP contribution >= 0.6 is 0 Å². The highest BCUT2D eigenvalue weighted by molar-refractivity contribution is 5.93. The molecule has 0 aliphatic heterocycles. The summed E-state index contributed by atoms with van der Waals surface area (Å²) in [5.74, 6) is 1.55. The summed E-state index contributed by atoms with van der Waals surface area (Å²) in [6.07, 6.45) is 10.2. The summed E-state index contributed by atoms with van der Waals surface area (Å²) in [7, 11) is 0. The first-order valence-electron chi connectivity index (χ1n) is 7.16. The van der Waals surface area contributed by atoms with Gasteiger partial charge in [0.25, 0.3) is 0 Å². The van der Waals surface area contributed by atoms with Crippen LogP contribution in [0.1, 0.15) is 24.6 Å². The molecule has 1 aliphatic rings. The molecule has 0 aromatic carbocycles. The van der Waals surface area contributed by atoms with Crippen molar-refractivity contribution in [2.75, 3.05) is 0 Å². The van der Waals surface area contributed by atoms with Gasteiger partial charge in [-0.25, -0.2) is 14.5 Å². The molecule has 0 unspecified atom stereocenters. The van der Waals surface area contributed by atoms with Crippen LogP contribution in [-0.4, -0.2) is 24.6 Å². The zero-order valence-corrected chi connectivity index (χ0v) is 11.3. The summed E-state index contributed by atoms with van der Waals surface area (Å²) in [6.45, 7) is 0. The minimum Gasteiger partial charge on any atom is -0.345 e. The van der Waals surface area contributed by atoms with Crippen molar-refractivity contribution in [3.8, 4) is 11.1 Å². The Morgan fingerprint density at radius 1 is 1.24 bits per heavy atom. The van der Waals surface area contributed by atoms with Gasteiger partial charge in [-0.2, -0.15) is 5.10 Å². The number of H-pyrrole nitrogens is 1. The molecule has 1 fully saturated rings. The molecule has 102 valence electrons. The first-order chi connectivity index (χ1) is 10.4. The number of hydrogen-bond acceptors (Lipinski definition) is 3. The molecule has 21 heavy (non-hydrogen) atoms. The lowest BCUT2D eigenvalue weighted by molar-refractivity contribution is 0.943. The second kappa shape index (κ2) is 3.91. The summed E-state index contributed by atoms with van der Waals surface area (Å²) < 4.78 is 1.86. The van der Waals surface area contributed by atoms with Crippen LogP contribution in [0, 0.1) is 0 Å². The molecule has 0 atom stereocenters. The Morgan fingerprint density at radius 3 is 3.10 bits per heavy atom. The van der Waals surface area contributed by atoms with Gasteiger partial charge < -0.3 is 4.98 Å². The number of fused-ring (bicyclic) bond motifs is 2. The van der Waals surface area contributed by atoms with Crippen LogP contribution in [0.5, 0.6) is 0 Å². The van der Waals surface area contributed by atoms with E-state index in [0.29, 0.717) is 5.92 Å². The number of aromatic nitrogens is 5. The second-order valence-corrected chi connectivity index (χ2v) is 5.58. The third kappa shape index (κ3) is 1.67. The zero-order valence-electron chi connectivity index (χ0n) is 11.3. The van der Waals surface area contributed by atoms with Crippen LogP contribution in [0.4, 0.5) is 0 Å². The van der Waals surface area contributed by atoms with Gasteiger partial charge in [0, 0.05) is 41.7 Å². The van der Waals surface area contributed by atoms with E-state index in [0.717, 1.165) is 33.5 Å². The highest BCUT2D eigenvalue weighted by atomic mass is 15.2. The van der Waals surface area contributed by atoms with Crippen molar-refractivity contribution in [2.45, 2.75) is 18.8 Å². The van der Waals surface area contributed by atoms with Gasteiger partial charge in [-0.3, -0.25) is 0 Å². The van der Waals surface area contributed by atoms with Gasteiger partial charge in [-0.15, -0.1) is 0 Å². The molecule has 5 heteroatoms. The molecule has 4 heterocycles. The average molecular weight is 275 g/mol. The summed E-state index contributed by atoms with van der Waals surface area (Å²) in [6, 6.07) is 6.20. The van der Waals surface area contributed by atoms with Gasteiger partial charge >= 0.3 is 0 Å². The number of aromatic amines is 1. The van der Waals surface area contributed by atoms with Crippen molar-refractivity contribution in [3.63, 3.8) is 0 Å². The molecule has 5 nitrogen and oxygen atoms in total. The standard InChI is InChI=1S/C16H13N5/c1-2-10(1)15-17-9-14-13(8-18-16(14)20-15)11-4-6-21-12(7-11)3-5-19-21/h3-10H,1-2H2,(H,17,18,20). The summed E-state index contributed by atoms with van der Waals surface area (Å²) in [4.78, 5) is 12.5. The minimum atomic E-state index is 0.573. The Kier molecular flexibility index (Phi) is 2.05. The highest BCUT2D eigenvalue weighted by Gasteiger charge is 2.26. The van der Waals surface area contributed by atoms with Crippen molar-refractivity contribution >= 4 is 16.6 Å². The highest BCUT2D eigenvalue weighted by Crippen LogP contribution is 2.38. The van der Waals surface area contributed by atoms with E-state index in [9.17, 15) is 0 Å². The van der Waals surface area contributed by atoms with E-state index in [-0.39, 0.29) is 0 Å². The third-order valence-electron chi connectivity index (χ3n) is 4.10. The molecule has 0 spiro atoms. The molecule has 0 saturated heterocycles. The van der Waals surface area contributed by atoms with Gasteiger partial charge in [0.2, 0.25) is 0 Å². The average Bonchev–Trinajstić information content (AvgIpc) is 3.11. The molecule has 4 aromatic heterocycles. The van der Waals surface area contributed by atoms with E-state index >= 15 is 0 Å². The fraction of sp³-hybridized carbons (Fsp3) is 0.188. The molecule has 5 rings (SSSR count). The molecule has 1 saturated carbocycles. The van der Waals surface area contributed by atoms with Gasteiger partial charge in [-0.1, -0.05) is 0 Å². The number of hydrogen-bond donors (Lipinski definition) is 1. The van der Waals surface area contributed by atoms with Crippen LogP contribution in [0.2, 0.25) is 0 Å². The zero-order chi connectivity index (χ0) is 13.8. The second-order valence-electron chi connectivity index (χ2n) is 5.58. The van der Waals surface area contributed by atoms with E-state index < -0.39 is 0 Å². The largest absolute Gasteiger partial charge is 0.345 e. The lowest BCUT2D eigenvalue weighted by atomic mass is 10.1. The molecule has 1 aliphatic carbocycles. The Bertz CT molecular complexity index is 961. The maximum Gasteiger partial charge on any atom is 0.141 e. The fourth-order valence-corrected chi connectivity index (χ4v) is 2.79. The predicted molar refractivity (Wildman–Crippen MR) is 80.0 cm³/mol.